The van der Waals surface area contributed by atoms with Gasteiger partial charge in [0, 0.05) is 5.39 Å². The van der Waals surface area contributed by atoms with E-state index in [-0.39, 0.29) is 5.76 Å². The second kappa shape index (κ2) is 3.62. The molecule has 0 aliphatic carbocycles. The molecule has 0 spiro atoms. The second-order valence-corrected chi connectivity index (χ2v) is 2.99. The Bertz CT molecular complexity index is 504. The molecule has 0 aliphatic rings. The van der Waals surface area contributed by atoms with Gasteiger partial charge in [0.1, 0.15) is 11.3 Å². The van der Waals surface area contributed by atoms with Crippen LogP contribution in [0.1, 0.15) is 10.6 Å². The fraction of sp³-hybridized carbons (Fsp3) is 0.100. The number of hydrogen-bond donors (Lipinski definition) is 2. The number of nitrogens with two attached hydrogens (primary N) is 1. The molecule has 0 unspecified atom stereocenters. The van der Waals surface area contributed by atoms with Crippen molar-refractivity contribution in [3.63, 3.8) is 0 Å². The van der Waals surface area contributed by atoms with Gasteiger partial charge in [0.2, 0.25) is 0 Å². The van der Waals surface area contributed by atoms with Crippen molar-refractivity contribution in [1.82, 2.24) is 5.43 Å². The molecular weight excluding hydrogens is 196 g/mol. The normalized spacial score (nSPS) is 10.3. The molecule has 0 radical (unpaired) electrons. The molecule has 0 saturated carbocycles. The first-order valence-corrected chi connectivity index (χ1v) is 4.33. The average Bonchev–Trinajstić information content (AvgIpc) is 2.70. The molecule has 78 valence electrons. The first kappa shape index (κ1) is 9.54. The summed E-state index contributed by atoms with van der Waals surface area (Å²) in [6.45, 7) is 0. The zero-order valence-electron chi connectivity index (χ0n) is 8.11. The van der Waals surface area contributed by atoms with E-state index in [1.807, 2.05) is 5.43 Å². The van der Waals surface area contributed by atoms with E-state index in [4.69, 9.17) is 15.0 Å². The number of hydrogen-bond acceptors (Lipinski definition) is 4. The molecule has 0 aliphatic heterocycles. The molecular formula is C10H10N2O3. The van der Waals surface area contributed by atoms with Gasteiger partial charge in [-0.25, -0.2) is 5.84 Å². The number of furan rings is 1. The largest absolute Gasteiger partial charge is 0.497 e. The lowest BCUT2D eigenvalue weighted by Gasteiger charge is -1.96. The Morgan fingerprint density at radius 3 is 2.93 bits per heavy atom. The molecule has 0 bridgehead atoms. The predicted octanol–water partition coefficient (Wildman–Crippen LogP) is 1.04. The fourth-order valence-electron chi connectivity index (χ4n) is 1.33. The summed E-state index contributed by atoms with van der Waals surface area (Å²) < 4.78 is 10.3. The number of fused-ring (bicyclic) bond motifs is 1. The van der Waals surface area contributed by atoms with Crippen molar-refractivity contribution in [2.75, 3.05) is 7.11 Å². The highest BCUT2D eigenvalue weighted by molar-refractivity contribution is 5.95. The van der Waals surface area contributed by atoms with Crippen molar-refractivity contribution in [3.8, 4) is 5.75 Å². The van der Waals surface area contributed by atoms with E-state index in [0.717, 1.165) is 5.39 Å². The highest BCUT2D eigenvalue weighted by atomic mass is 16.5. The molecule has 0 fully saturated rings. The number of methoxy groups -OCH3 is 1. The number of nitrogens with one attached hydrogen (secondary N) is 1. The molecule has 0 saturated heterocycles. The summed E-state index contributed by atoms with van der Waals surface area (Å²) in [7, 11) is 1.58. The lowest BCUT2D eigenvalue weighted by atomic mass is 10.2. The van der Waals surface area contributed by atoms with Crippen LogP contribution in [0.4, 0.5) is 0 Å². The molecule has 1 aromatic carbocycles. The van der Waals surface area contributed by atoms with Gasteiger partial charge in [0.25, 0.3) is 0 Å². The third kappa shape index (κ3) is 1.64. The van der Waals surface area contributed by atoms with Crippen LogP contribution in [0.15, 0.2) is 28.7 Å². The Morgan fingerprint density at radius 2 is 2.27 bits per heavy atom. The molecule has 5 heteroatoms. The zero-order chi connectivity index (χ0) is 10.8. The van der Waals surface area contributed by atoms with Crippen molar-refractivity contribution in [3.05, 3.63) is 30.0 Å². The second-order valence-electron chi connectivity index (χ2n) is 2.99. The Hall–Kier alpha value is -2.01. The van der Waals surface area contributed by atoms with Gasteiger partial charge in [-0.2, -0.15) is 0 Å². The molecule has 0 atom stereocenters. The molecule has 2 aromatic rings. The minimum Gasteiger partial charge on any atom is -0.497 e. The average molecular weight is 206 g/mol. The molecule has 1 heterocycles. The number of nitrogen functional groups attached to an aromatic ring is 1. The summed E-state index contributed by atoms with van der Waals surface area (Å²) in [5.74, 6) is 5.44. The number of hydrazine groups is 1. The van der Waals surface area contributed by atoms with Crippen LogP contribution in [-0.4, -0.2) is 13.0 Å². The van der Waals surface area contributed by atoms with Crippen LogP contribution in [0.3, 0.4) is 0 Å². The van der Waals surface area contributed by atoms with Crippen LogP contribution >= 0.6 is 0 Å². The Kier molecular flexibility index (Phi) is 2.31. The third-order valence-electron chi connectivity index (χ3n) is 2.08. The molecule has 5 nitrogen and oxygen atoms in total. The molecule has 3 N–H and O–H groups in total. The van der Waals surface area contributed by atoms with Crippen molar-refractivity contribution >= 4 is 16.9 Å². The number of carbonyl (C=O) groups excluding carboxylic acids is 1. The first-order valence-electron chi connectivity index (χ1n) is 4.33. The predicted molar refractivity (Wildman–Crippen MR) is 54.4 cm³/mol. The van der Waals surface area contributed by atoms with E-state index in [0.29, 0.717) is 11.3 Å². The van der Waals surface area contributed by atoms with Gasteiger partial charge in [0.05, 0.1) is 7.11 Å². The topological polar surface area (TPSA) is 77.5 Å². The SMILES string of the molecule is COc1ccc2oc(C(=O)NN)cc2c1. The Labute approximate surface area is 85.8 Å². The lowest BCUT2D eigenvalue weighted by molar-refractivity contribution is 0.0928. The molecule has 1 aromatic heterocycles. The van der Waals surface area contributed by atoms with Crippen LogP contribution in [-0.2, 0) is 0 Å². The van der Waals surface area contributed by atoms with E-state index >= 15 is 0 Å². The smallest absolute Gasteiger partial charge is 0.300 e. The van der Waals surface area contributed by atoms with Crippen LogP contribution in [0.25, 0.3) is 11.0 Å². The fourth-order valence-corrected chi connectivity index (χ4v) is 1.33. The van der Waals surface area contributed by atoms with Crippen molar-refractivity contribution < 1.29 is 13.9 Å². The standard InChI is InChI=1S/C10H10N2O3/c1-14-7-2-3-8-6(4-7)5-9(15-8)10(13)12-11/h2-5H,11H2,1H3,(H,12,13). The van der Waals surface area contributed by atoms with Crippen LogP contribution < -0.4 is 16.0 Å². The van der Waals surface area contributed by atoms with Crippen molar-refractivity contribution in [2.24, 2.45) is 5.84 Å². The maximum absolute atomic E-state index is 11.2. The maximum atomic E-state index is 11.2. The van der Waals surface area contributed by atoms with Crippen molar-refractivity contribution in [1.29, 1.82) is 0 Å². The summed E-state index contributed by atoms with van der Waals surface area (Å²) in [5.41, 5.74) is 2.63. The highest BCUT2D eigenvalue weighted by Gasteiger charge is 2.10. The molecule has 1 amide bonds. The number of ether oxygens (including phenoxy) is 1. The summed E-state index contributed by atoms with van der Waals surface area (Å²) in [6, 6.07) is 6.89. The van der Waals surface area contributed by atoms with E-state index in [2.05, 4.69) is 0 Å². The highest BCUT2D eigenvalue weighted by Crippen LogP contribution is 2.23. The minimum absolute atomic E-state index is 0.181. The Morgan fingerprint density at radius 1 is 1.47 bits per heavy atom. The van der Waals surface area contributed by atoms with Crippen LogP contribution in [0.5, 0.6) is 5.75 Å². The quantitative estimate of drug-likeness (QED) is 0.437. The lowest BCUT2D eigenvalue weighted by Crippen LogP contribution is -2.29. The number of carbonyl (C=O) groups is 1. The summed E-state index contributed by atoms with van der Waals surface area (Å²) in [4.78, 5) is 11.2. The molecule has 2 rings (SSSR count). The number of amides is 1. The van der Waals surface area contributed by atoms with E-state index in [1.54, 1.807) is 31.4 Å². The number of benzene rings is 1. The maximum Gasteiger partial charge on any atom is 0.300 e. The summed E-state index contributed by atoms with van der Waals surface area (Å²) in [6.07, 6.45) is 0. The summed E-state index contributed by atoms with van der Waals surface area (Å²) in [5, 5.41) is 0.799. The first-order chi connectivity index (χ1) is 7.24. The van der Waals surface area contributed by atoms with Gasteiger partial charge in [-0.05, 0) is 24.3 Å². The van der Waals surface area contributed by atoms with Gasteiger partial charge in [0.15, 0.2) is 5.76 Å². The van der Waals surface area contributed by atoms with Crippen molar-refractivity contribution in [2.45, 2.75) is 0 Å². The van der Waals surface area contributed by atoms with E-state index in [9.17, 15) is 4.79 Å². The minimum atomic E-state index is -0.454. The van der Waals surface area contributed by atoms with E-state index < -0.39 is 5.91 Å². The van der Waals surface area contributed by atoms with Gasteiger partial charge in [-0.1, -0.05) is 0 Å². The van der Waals surface area contributed by atoms with Gasteiger partial charge in [-0.15, -0.1) is 0 Å². The van der Waals surface area contributed by atoms with Crippen LogP contribution in [0, 0.1) is 0 Å². The summed E-state index contributed by atoms with van der Waals surface area (Å²) >= 11 is 0. The Balaban J connectivity index is 2.51. The van der Waals surface area contributed by atoms with Gasteiger partial charge in [-0.3, -0.25) is 10.2 Å². The number of rotatable bonds is 2. The zero-order valence-corrected chi connectivity index (χ0v) is 8.11. The van der Waals surface area contributed by atoms with Crippen LogP contribution in [0.2, 0.25) is 0 Å². The van der Waals surface area contributed by atoms with Gasteiger partial charge < -0.3 is 9.15 Å². The monoisotopic (exact) mass is 206 g/mol. The third-order valence-corrected chi connectivity index (χ3v) is 2.08. The van der Waals surface area contributed by atoms with Gasteiger partial charge >= 0.3 is 5.91 Å². The molecule has 15 heavy (non-hydrogen) atoms. The van der Waals surface area contributed by atoms with E-state index in [1.165, 1.54) is 0 Å².